The summed E-state index contributed by atoms with van der Waals surface area (Å²) in [6.45, 7) is 1.13. The van der Waals surface area contributed by atoms with Crippen molar-refractivity contribution >= 4 is 15.9 Å². The van der Waals surface area contributed by atoms with E-state index in [1.54, 1.807) is 0 Å². The molecule has 2 N–H and O–H groups in total. The largest absolute Gasteiger partial charge is 0.309 e. The zero-order chi connectivity index (χ0) is 11.0. The number of nitrogens with zero attached hydrogens (tertiary/aromatic N) is 1. The zero-order valence-electron chi connectivity index (χ0n) is 9.43. The van der Waals surface area contributed by atoms with Crippen LogP contribution >= 0.6 is 15.9 Å². The molecule has 16 heavy (non-hydrogen) atoms. The number of aromatic nitrogens is 2. The standard InChI is InChI=1S/C12H18BrN3/c13-10-11(8-4-1-2-5-8)15-16-12(10)9-6-3-7-14-9/h8-9,14H,1-7H2,(H,15,16). The highest BCUT2D eigenvalue weighted by Gasteiger charge is 2.27. The molecule has 1 aromatic rings. The Hall–Kier alpha value is -0.350. The number of rotatable bonds is 2. The molecule has 1 atom stereocenters. The van der Waals surface area contributed by atoms with Gasteiger partial charge in [-0.05, 0) is 48.2 Å². The minimum Gasteiger partial charge on any atom is -0.309 e. The molecular formula is C12H18BrN3. The normalized spacial score (nSPS) is 26.7. The lowest BCUT2D eigenvalue weighted by Crippen LogP contribution is -2.13. The molecule has 0 aromatic carbocycles. The quantitative estimate of drug-likeness (QED) is 0.875. The fourth-order valence-electron chi connectivity index (χ4n) is 2.99. The molecule has 2 heterocycles. The molecule has 1 saturated heterocycles. The van der Waals surface area contributed by atoms with Crippen LogP contribution in [0, 0.1) is 0 Å². The Labute approximate surface area is 105 Å². The van der Waals surface area contributed by atoms with Gasteiger partial charge in [0.2, 0.25) is 0 Å². The van der Waals surface area contributed by atoms with Crippen LogP contribution in [0.1, 0.15) is 61.9 Å². The van der Waals surface area contributed by atoms with E-state index in [1.807, 2.05) is 0 Å². The van der Waals surface area contributed by atoms with Crippen LogP contribution < -0.4 is 5.32 Å². The molecule has 88 valence electrons. The lowest BCUT2D eigenvalue weighted by Gasteiger charge is -2.09. The Morgan fingerprint density at radius 3 is 2.62 bits per heavy atom. The predicted octanol–water partition coefficient (Wildman–Crippen LogP) is 3.25. The maximum absolute atomic E-state index is 4.53. The van der Waals surface area contributed by atoms with Crippen molar-refractivity contribution in [3.8, 4) is 0 Å². The maximum atomic E-state index is 4.53. The molecule has 1 aliphatic carbocycles. The fourth-order valence-corrected chi connectivity index (χ4v) is 3.77. The molecule has 1 aromatic heterocycles. The maximum Gasteiger partial charge on any atom is 0.0798 e. The molecule has 1 aliphatic heterocycles. The summed E-state index contributed by atoms with van der Waals surface area (Å²) < 4.78 is 1.24. The summed E-state index contributed by atoms with van der Waals surface area (Å²) in [5.74, 6) is 0.681. The van der Waals surface area contributed by atoms with Gasteiger partial charge >= 0.3 is 0 Å². The van der Waals surface area contributed by atoms with Crippen molar-refractivity contribution in [3.05, 3.63) is 15.9 Å². The summed E-state index contributed by atoms with van der Waals surface area (Å²) in [6, 6.07) is 0.483. The molecule has 3 nitrogen and oxygen atoms in total. The second-order valence-electron chi connectivity index (χ2n) is 4.97. The van der Waals surface area contributed by atoms with Crippen LogP contribution in [-0.4, -0.2) is 16.7 Å². The first kappa shape index (κ1) is 10.8. The monoisotopic (exact) mass is 283 g/mol. The van der Waals surface area contributed by atoms with E-state index in [-0.39, 0.29) is 0 Å². The summed E-state index contributed by atoms with van der Waals surface area (Å²) in [6.07, 6.45) is 7.84. The number of H-pyrrole nitrogens is 1. The fraction of sp³-hybridized carbons (Fsp3) is 0.750. The van der Waals surface area contributed by atoms with Crippen LogP contribution in [-0.2, 0) is 0 Å². The molecule has 4 heteroatoms. The third-order valence-electron chi connectivity index (χ3n) is 3.91. The van der Waals surface area contributed by atoms with Crippen molar-refractivity contribution in [1.29, 1.82) is 0 Å². The Morgan fingerprint density at radius 2 is 1.94 bits per heavy atom. The minimum absolute atomic E-state index is 0.483. The molecule has 0 amide bonds. The average Bonchev–Trinajstić information content (AvgIpc) is 2.96. The first-order valence-electron chi connectivity index (χ1n) is 6.33. The molecule has 1 unspecified atom stereocenters. The Balaban J connectivity index is 1.84. The van der Waals surface area contributed by atoms with Crippen LogP contribution in [0.3, 0.4) is 0 Å². The molecule has 2 fully saturated rings. The summed E-state index contributed by atoms with van der Waals surface area (Å²) in [4.78, 5) is 0. The van der Waals surface area contributed by atoms with Gasteiger partial charge in [0, 0.05) is 5.92 Å². The highest BCUT2D eigenvalue weighted by molar-refractivity contribution is 9.10. The average molecular weight is 284 g/mol. The molecule has 0 spiro atoms. The van der Waals surface area contributed by atoms with Crippen LogP contribution in [0.4, 0.5) is 0 Å². The van der Waals surface area contributed by atoms with Gasteiger partial charge in [-0.2, -0.15) is 5.10 Å². The van der Waals surface area contributed by atoms with E-state index in [1.165, 1.54) is 54.4 Å². The van der Waals surface area contributed by atoms with Gasteiger partial charge in [0.05, 0.1) is 21.9 Å². The van der Waals surface area contributed by atoms with Crippen LogP contribution in [0.15, 0.2) is 4.47 Å². The van der Waals surface area contributed by atoms with E-state index >= 15 is 0 Å². The van der Waals surface area contributed by atoms with Gasteiger partial charge in [-0.25, -0.2) is 0 Å². The molecule has 3 rings (SSSR count). The van der Waals surface area contributed by atoms with Gasteiger partial charge in [-0.3, -0.25) is 5.10 Å². The van der Waals surface area contributed by atoms with Gasteiger partial charge in [-0.1, -0.05) is 12.8 Å². The number of hydrogen-bond donors (Lipinski definition) is 2. The minimum atomic E-state index is 0.483. The van der Waals surface area contributed by atoms with E-state index in [0.29, 0.717) is 12.0 Å². The van der Waals surface area contributed by atoms with Crippen molar-refractivity contribution in [2.75, 3.05) is 6.54 Å². The molecule has 0 radical (unpaired) electrons. The topological polar surface area (TPSA) is 40.7 Å². The second-order valence-corrected chi connectivity index (χ2v) is 5.76. The van der Waals surface area contributed by atoms with E-state index in [0.717, 1.165) is 6.54 Å². The molecule has 0 bridgehead atoms. The van der Waals surface area contributed by atoms with E-state index in [2.05, 4.69) is 31.4 Å². The van der Waals surface area contributed by atoms with Crippen molar-refractivity contribution in [3.63, 3.8) is 0 Å². The summed E-state index contributed by atoms with van der Waals surface area (Å²) >= 11 is 3.74. The zero-order valence-corrected chi connectivity index (χ0v) is 11.0. The summed E-state index contributed by atoms with van der Waals surface area (Å²) in [7, 11) is 0. The number of aromatic amines is 1. The summed E-state index contributed by atoms with van der Waals surface area (Å²) in [5.41, 5.74) is 2.53. The van der Waals surface area contributed by atoms with Gasteiger partial charge in [0.15, 0.2) is 0 Å². The third-order valence-corrected chi connectivity index (χ3v) is 4.74. The lowest BCUT2D eigenvalue weighted by atomic mass is 10.0. The van der Waals surface area contributed by atoms with Crippen LogP contribution in [0.5, 0.6) is 0 Å². The Kier molecular flexibility index (Phi) is 3.03. The SMILES string of the molecule is Brc1c(C2CCCC2)n[nH]c1C1CCCN1. The van der Waals surface area contributed by atoms with Crippen molar-refractivity contribution in [1.82, 2.24) is 15.5 Å². The van der Waals surface area contributed by atoms with E-state index in [9.17, 15) is 0 Å². The second kappa shape index (κ2) is 4.49. The van der Waals surface area contributed by atoms with Crippen LogP contribution in [0.25, 0.3) is 0 Å². The van der Waals surface area contributed by atoms with Gasteiger partial charge in [0.1, 0.15) is 0 Å². The van der Waals surface area contributed by atoms with E-state index in [4.69, 9.17) is 0 Å². The van der Waals surface area contributed by atoms with Gasteiger partial charge < -0.3 is 5.32 Å². The number of halogens is 1. The van der Waals surface area contributed by atoms with Crippen LogP contribution in [0.2, 0.25) is 0 Å². The smallest absolute Gasteiger partial charge is 0.0798 e. The first-order valence-corrected chi connectivity index (χ1v) is 7.12. The summed E-state index contributed by atoms with van der Waals surface area (Å²) in [5, 5.41) is 11.3. The Bertz CT molecular complexity index is 329. The first-order chi connectivity index (χ1) is 7.86. The molecular weight excluding hydrogens is 266 g/mol. The van der Waals surface area contributed by atoms with Gasteiger partial charge in [0.25, 0.3) is 0 Å². The highest BCUT2D eigenvalue weighted by atomic mass is 79.9. The lowest BCUT2D eigenvalue weighted by molar-refractivity contribution is 0.623. The van der Waals surface area contributed by atoms with Crippen molar-refractivity contribution in [2.24, 2.45) is 0 Å². The number of hydrogen-bond acceptors (Lipinski definition) is 2. The highest BCUT2D eigenvalue weighted by Crippen LogP contribution is 2.39. The van der Waals surface area contributed by atoms with Crippen molar-refractivity contribution in [2.45, 2.75) is 50.5 Å². The molecule has 1 saturated carbocycles. The predicted molar refractivity (Wildman–Crippen MR) is 67.5 cm³/mol. The van der Waals surface area contributed by atoms with Gasteiger partial charge in [-0.15, -0.1) is 0 Å². The third kappa shape index (κ3) is 1.82. The van der Waals surface area contributed by atoms with E-state index < -0.39 is 0 Å². The Morgan fingerprint density at radius 1 is 1.12 bits per heavy atom. The number of nitrogens with one attached hydrogen (secondary N) is 2. The van der Waals surface area contributed by atoms with Crippen molar-refractivity contribution < 1.29 is 0 Å². The molecule has 2 aliphatic rings.